The van der Waals surface area contributed by atoms with E-state index in [0.29, 0.717) is 5.92 Å². The summed E-state index contributed by atoms with van der Waals surface area (Å²) in [5.41, 5.74) is 2.32. The Kier molecular flexibility index (Phi) is 3.69. The lowest BCUT2D eigenvalue weighted by molar-refractivity contribution is 0.690. The summed E-state index contributed by atoms with van der Waals surface area (Å²) in [6.07, 6.45) is 3.05. The van der Waals surface area contributed by atoms with Gasteiger partial charge in [0.05, 0.1) is 5.69 Å². The van der Waals surface area contributed by atoms with Crippen molar-refractivity contribution in [3.8, 4) is 0 Å². The molecule has 0 spiro atoms. The van der Waals surface area contributed by atoms with E-state index in [2.05, 4.69) is 37.9 Å². The molecule has 0 radical (unpaired) electrons. The Morgan fingerprint density at radius 2 is 2.15 bits per heavy atom. The van der Waals surface area contributed by atoms with Gasteiger partial charge < -0.3 is 0 Å². The van der Waals surface area contributed by atoms with Crippen LogP contribution in [0.1, 0.15) is 25.8 Å². The molecule has 0 N–H and O–H groups in total. The van der Waals surface area contributed by atoms with Gasteiger partial charge in [-0.3, -0.25) is 4.99 Å². The van der Waals surface area contributed by atoms with E-state index in [9.17, 15) is 0 Å². The van der Waals surface area contributed by atoms with Crippen LogP contribution in [0.3, 0.4) is 0 Å². The first-order valence-corrected chi connectivity index (χ1v) is 4.77. The molecule has 0 heterocycles. The Morgan fingerprint density at radius 1 is 1.38 bits per heavy atom. The highest BCUT2D eigenvalue weighted by molar-refractivity contribution is 5.63. The van der Waals surface area contributed by atoms with Crippen LogP contribution in [0.5, 0.6) is 0 Å². The minimum absolute atomic E-state index is 0.688. The van der Waals surface area contributed by atoms with Crippen molar-refractivity contribution < 1.29 is 0 Å². The van der Waals surface area contributed by atoms with E-state index in [0.717, 1.165) is 12.1 Å². The summed E-state index contributed by atoms with van der Waals surface area (Å²) in [7, 11) is 0. The molecule has 0 aliphatic rings. The molecule has 13 heavy (non-hydrogen) atoms. The highest BCUT2D eigenvalue weighted by Gasteiger charge is 1.90. The second kappa shape index (κ2) is 4.80. The van der Waals surface area contributed by atoms with Gasteiger partial charge in [0.2, 0.25) is 0 Å². The molecular formula is C12H17N. The molecule has 0 unspecified atom stereocenters. The fourth-order valence-electron chi connectivity index (χ4n) is 1.08. The Hall–Kier alpha value is -1.11. The minimum atomic E-state index is 0.688. The smallest absolute Gasteiger partial charge is 0.0628 e. The Labute approximate surface area is 80.5 Å². The second-order valence-corrected chi connectivity index (χ2v) is 3.78. The van der Waals surface area contributed by atoms with Gasteiger partial charge in [0.15, 0.2) is 0 Å². The number of hydrogen-bond donors (Lipinski definition) is 0. The maximum absolute atomic E-state index is 4.38. The van der Waals surface area contributed by atoms with Gasteiger partial charge in [-0.25, -0.2) is 0 Å². The zero-order valence-corrected chi connectivity index (χ0v) is 8.62. The highest BCUT2D eigenvalue weighted by Crippen LogP contribution is 2.13. The Morgan fingerprint density at radius 3 is 2.77 bits per heavy atom. The van der Waals surface area contributed by atoms with Crippen LogP contribution < -0.4 is 0 Å². The van der Waals surface area contributed by atoms with Crippen LogP contribution in [0.15, 0.2) is 29.3 Å². The predicted molar refractivity (Wildman–Crippen MR) is 58.8 cm³/mol. The van der Waals surface area contributed by atoms with E-state index >= 15 is 0 Å². The summed E-state index contributed by atoms with van der Waals surface area (Å²) in [4.78, 5) is 4.38. The van der Waals surface area contributed by atoms with E-state index in [1.807, 2.05) is 18.3 Å². The Balaban J connectivity index is 2.58. The number of aryl methyl sites for hydroxylation is 1. The molecule has 1 aromatic carbocycles. The van der Waals surface area contributed by atoms with Gasteiger partial charge in [0.1, 0.15) is 0 Å². The fraction of sp³-hybridized carbons (Fsp3) is 0.417. The molecule has 0 saturated carbocycles. The standard InChI is InChI=1S/C12H17N/c1-10(2)7-8-13-12-6-4-5-11(3)9-12/h4-6,8-10H,7H2,1-3H3. The third-order valence-electron chi connectivity index (χ3n) is 1.82. The van der Waals surface area contributed by atoms with Crippen molar-refractivity contribution in [2.75, 3.05) is 0 Å². The maximum Gasteiger partial charge on any atom is 0.0628 e. The summed E-state index contributed by atoms with van der Waals surface area (Å²) >= 11 is 0. The van der Waals surface area contributed by atoms with Gasteiger partial charge in [-0.05, 0) is 37.0 Å². The molecule has 0 aliphatic carbocycles. The molecular weight excluding hydrogens is 158 g/mol. The van der Waals surface area contributed by atoms with E-state index in [-0.39, 0.29) is 0 Å². The third kappa shape index (κ3) is 3.88. The van der Waals surface area contributed by atoms with Gasteiger partial charge in [-0.1, -0.05) is 26.0 Å². The lowest BCUT2D eigenvalue weighted by Gasteiger charge is -1.97. The van der Waals surface area contributed by atoms with Crippen molar-refractivity contribution >= 4 is 11.9 Å². The van der Waals surface area contributed by atoms with Crippen LogP contribution in [0, 0.1) is 12.8 Å². The lowest BCUT2D eigenvalue weighted by atomic mass is 10.1. The molecule has 1 rings (SSSR count). The average molecular weight is 175 g/mol. The summed E-state index contributed by atoms with van der Waals surface area (Å²) in [6, 6.07) is 8.25. The second-order valence-electron chi connectivity index (χ2n) is 3.78. The van der Waals surface area contributed by atoms with Crippen LogP contribution in [-0.4, -0.2) is 6.21 Å². The molecule has 70 valence electrons. The van der Waals surface area contributed by atoms with Gasteiger partial charge in [0.25, 0.3) is 0 Å². The topological polar surface area (TPSA) is 12.4 Å². The van der Waals surface area contributed by atoms with Crippen molar-refractivity contribution in [1.29, 1.82) is 0 Å². The molecule has 0 fully saturated rings. The molecule has 0 saturated heterocycles. The highest BCUT2D eigenvalue weighted by atomic mass is 14.7. The van der Waals surface area contributed by atoms with E-state index in [1.165, 1.54) is 5.56 Å². The van der Waals surface area contributed by atoms with Crippen molar-refractivity contribution in [1.82, 2.24) is 0 Å². The number of hydrogen-bond acceptors (Lipinski definition) is 1. The summed E-state index contributed by atoms with van der Waals surface area (Å²) in [6.45, 7) is 6.48. The third-order valence-corrected chi connectivity index (χ3v) is 1.82. The van der Waals surface area contributed by atoms with E-state index in [4.69, 9.17) is 0 Å². The van der Waals surface area contributed by atoms with Gasteiger partial charge in [-0.2, -0.15) is 0 Å². The molecule has 1 nitrogen and oxygen atoms in total. The predicted octanol–water partition coefficient (Wildman–Crippen LogP) is 3.74. The largest absolute Gasteiger partial charge is 0.261 e. The molecule has 0 aromatic heterocycles. The first-order chi connectivity index (χ1) is 6.18. The summed E-state index contributed by atoms with van der Waals surface area (Å²) in [5.74, 6) is 0.688. The molecule has 1 aromatic rings. The van der Waals surface area contributed by atoms with Crippen molar-refractivity contribution in [2.45, 2.75) is 27.2 Å². The number of nitrogens with zero attached hydrogens (tertiary/aromatic N) is 1. The first kappa shape index (κ1) is 9.97. The maximum atomic E-state index is 4.38. The molecule has 1 heteroatoms. The SMILES string of the molecule is Cc1cccc(N=CCC(C)C)c1. The van der Waals surface area contributed by atoms with Gasteiger partial charge >= 0.3 is 0 Å². The summed E-state index contributed by atoms with van der Waals surface area (Å²) < 4.78 is 0. The molecule has 0 bridgehead atoms. The fourth-order valence-corrected chi connectivity index (χ4v) is 1.08. The molecule has 0 atom stereocenters. The van der Waals surface area contributed by atoms with Crippen LogP contribution in [0.2, 0.25) is 0 Å². The molecule has 0 aliphatic heterocycles. The van der Waals surface area contributed by atoms with Crippen LogP contribution in [0.25, 0.3) is 0 Å². The minimum Gasteiger partial charge on any atom is -0.261 e. The van der Waals surface area contributed by atoms with E-state index in [1.54, 1.807) is 0 Å². The first-order valence-electron chi connectivity index (χ1n) is 4.77. The van der Waals surface area contributed by atoms with Gasteiger partial charge in [0, 0.05) is 6.21 Å². The zero-order valence-electron chi connectivity index (χ0n) is 8.62. The van der Waals surface area contributed by atoms with Crippen LogP contribution in [0.4, 0.5) is 5.69 Å². The van der Waals surface area contributed by atoms with Crippen molar-refractivity contribution in [2.24, 2.45) is 10.9 Å². The Bertz CT molecular complexity index is 287. The van der Waals surface area contributed by atoms with Gasteiger partial charge in [-0.15, -0.1) is 0 Å². The lowest BCUT2D eigenvalue weighted by Crippen LogP contribution is -1.86. The van der Waals surface area contributed by atoms with Crippen molar-refractivity contribution in [3.05, 3.63) is 29.8 Å². The quantitative estimate of drug-likeness (QED) is 0.620. The molecule has 0 amide bonds. The van der Waals surface area contributed by atoms with Crippen LogP contribution in [-0.2, 0) is 0 Å². The number of rotatable bonds is 3. The number of aliphatic imine (C=N–C) groups is 1. The van der Waals surface area contributed by atoms with E-state index < -0.39 is 0 Å². The monoisotopic (exact) mass is 175 g/mol. The van der Waals surface area contributed by atoms with Crippen LogP contribution >= 0.6 is 0 Å². The van der Waals surface area contributed by atoms with Crippen molar-refractivity contribution in [3.63, 3.8) is 0 Å². The average Bonchev–Trinajstić information content (AvgIpc) is 2.03. The summed E-state index contributed by atoms with van der Waals surface area (Å²) in [5, 5.41) is 0. The zero-order chi connectivity index (χ0) is 9.68. The number of benzene rings is 1. The normalized spacial score (nSPS) is 11.4.